The van der Waals surface area contributed by atoms with Crippen LogP contribution >= 0.6 is 0 Å². The van der Waals surface area contributed by atoms with E-state index in [2.05, 4.69) is 38.2 Å². The molecule has 0 rings (SSSR count). The van der Waals surface area contributed by atoms with Crippen molar-refractivity contribution >= 4 is 0 Å². The van der Waals surface area contributed by atoms with Gasteiger partial charge in [-0.1, -0.05) is 63.8 Å². The third-order valence-electron chi connectivity index (χ3n) is 2.29. The molecule has 0 N–H and O–H groups in total. The predicted molar refractivity (Wildman–Crippen MR) is 66.6 cm³/mol. The minimum Gasteiger partial charge on any atom is -0.0882 e. The first kappa shape index (κ1) is 13.5. The number of unbranched alkanes of at least 4 members (excludes halogenated alkanes) is 5. The minimum absolute atomic E-state index is 1.12. The van der Waals surface area contributed by atoms with E-state index in [-0.39, 0.29) is 0 Å². The van der Waals surface area contributed by atoms with E-state index in [9.17, 15) is 0 Å². The molecule has 82 valence electrons. The summed E-state index contributed by atoms with van der Waals surface area (Å²) in [4.78, 5) is 0. The fourth-order valence-corrected chi connectivity index (χ4v) is 1.36. The summed E-state index contributed by atoms with van der Waals surface area (Å²) in [6, 6.07) is 0. The molecule has 0 aromatic carbocycles. The van der Waals surface area contributed by atoms with Crippen LogP contribution in [0.25, 0.3) is 0 Å². The van der Waals surface area contributed by atoms with Crippen LogP contribution in [0.2, 0.25) is 0 Å². The molecule has 14 heavy (non-hydrogen) atoms. The Balaban J connectivity index is 3.11. The van der Waals surface area contributed by atoms with Gasteiger partial charge in [-0.25, -0.2) is 0 Å². The zero-order valence-electron chi connectivity index (χ0n) is 9.97. The zero-order valence-corrected chi connectivity index (χ0v) is 9.97. The fourth-order valence-electron chi connectivity index (χ4n) is 1.36. The average molecular weight is 194 g/mol. The minimum atomic E-state index is 1.12. The largest absolute Gasteiger partial charge is 0.0882 e. The van der Waals surface area contributed by atoms with Crippen molar-refractivity contribution in [2.45, 2.75) is 65.2 Å². The van der Waals surface area contributed by atoms with Crippen LogP contribution in [0, 0.1) is 0 Å². The summed E-state index contributed by atoms with van der Waals surface area (Å²) in [5.74, 6) is 0. The molecule has 0 fully saturated rings. The van der Waals surface area contributed by atoms with E-state index >= 15 is 0 Å². The second-order valence-electron chi connectivity index (χ2n) is 3.82. The molecule has 0 unspecified atom stereocenters. The lowest BCUT2D eigenvalue weighted by atomic mass is 10.1. The Morgan fingerprint density at radius 1 is 0.643 bits per heavy atom. The van der Waals surface area contributed by atoms with E-state index in [0.717, 1.165) is 6.42 Å². The maximum absolute atomic E-state index is 2.33. The molecule has 0 atom stereocenters. The lowest BCUT2D eigenvalue weighted by Gasteiger charge is -1.93. The highest BCUT2D eigenvalue weighted by Crippen LogP contribution is 2.03. The van der Waals surface area contributed by atoms with E-state index in [1.807, 2.05) is 0 Å². The molecule has 0 nitrogen and oxygen atoms in total. The van der Waals surface area contributed by atoms with Crippen LogP contribution in [-0.4, -0.2) is 0 Å². The van der Waals surface area contributed by atoms with E-state index in [0.29, 0.717) is 0 Å². The lowest BCUT2D eigenvalue weighted by molar-refractivity contribution is 0.674. The summed E-state index contributed by atoms with van der Waals surface area (Å²) in [6.07, 6.45) is 19.5. The molecular formula is C14H26. The quantitative estimate of drug-likeness (QED) is 0.347. The van der Waals surface area contributed by atoms with Gasteiger partial charge >= 0.3 is 0 Å². The highest BCUT2D eigenvalue weighted by Gasteiger charge is 1.83. The summed E-state index contributed by atoms with van der Waals surface area (Å²) >= 11 is 0. The van der Waals surface area contributed by atoms with Crippen LogP contribution in [0.3, 0.4) is 0 Å². The van der Waals surface area contributed by atoms with Crippen molar-refractivity contribution in [2.75, 3.05) is 0 Å². The number of hydrogen-bond donors (Lipinski definition) is 0. The van der Waals surface area contributed by atoms with E-state index < -0.39 is 0 Å². The molecule has 0 aromatic heterocycles. The van der Waals surface area contributed by atoms with Gasteiger partial charge in [-0.15, -0.1) is 0 Å². The van der Waals surface area contributed by atoms with Gasteiger partial charge in [-0.05, 0) is 25.7 Å². The SMILES string of the molecule is CCC/C=C/C/C=C/CCCCCC. The van der Waals surface area contributed by atoms with E-state index in [4.69, 9.17) is 0 Å². The normalized spacial score (nSPS) is 11.9. The first-order chi connectivity index (χ1) is 6.91. The van der Waals surface area contributed by atoms with Crippen LogP contribution in [0.4, 0.5) is 0 Å². The van der Waals surface area contributed by atoms with Gasteiger partial charge < -0.3 is 0 Å². The van der Waals surface area contributed by atoms with Crippen molar-refractivity contribution in [3.05, 3.63) is 24.3 Å². The Hall–Kier alpha value is -0.520. The third kappa shape index (κ3) is 11.5. The maximum atomic E-state index is 2.33. The van der Waals surface area contributed by atoms with Crippen molar-refractivity contribution in [3.8, 4) is 0 Å². The fraction of sp³-hybridized carbons (Fsp3) is 0.714. The summed E-state index contributed by atoms with van der Waals surface area (Å²) in [6.45, 7) is 4.47. The molecule has 0 saturated carbocycles. The van der Waals surface area contributed by atoms with Gasteiger partial charge in [0.1, 0.15) is 0 Å². The van der Waals surface area contributed by atoms with Gasteiger partial charge in [0.05, 0.1) is 0 Å². The summed E-state index contributed by atoms with van der Waals surface area (Å²) in [5, 5.41) is 0. The molecule has 0 heteroatoms. The molecule has 0 heterocycles. The van der Waals surface area contributed by atoms with Gasteiger partial charge in [0.25, 0.3) is 0 Å². The first-order valence-electron chi connectivity index (χ1n) is 6.21. The van der Waals surface area contributed by atoms with Gasteiger partial charge in [0, 0.05) is 0 Å². The van der Waals surface area contributed by atoms with Crippen molar-refractivity contribution in [1.82, 2.24) is 0 Å². The smallest absolute Gasteiger partial charge is 0.0169 e. The molecule has 0 amide bonds. The molecule has 0 radical (unpaired) electrons. The van der Waals surface area contributed by atoms with Crippen molar-refractivity contribution in [2.24, 2.45) is 0 Å². The van der Waals surface area contributed by atoms with Crippen LogP contribution in [0.15, 0.2) is 24.3 Å². The van der Waals surface area contributed by atoms with Gasteiger partial charge in [-0.2, -0.15) is 0 Å². The first-order valence-corrected chi connectivity index (χ1v) is 6.21. The van der Waals surface area contributed by atoms with E-state index in [1.165, 1.54) is 44.9 Å². The summed E-state index contributed by atoms with van der Waals surface area (Å²) < 4.78 is 0. The Labute approximate surface area is 90.1 Å². The average Bonchev–Trinajstić information content (AvgIpc) is 2.21. The maximum Gasteiger partial charge on any atom is -0.0169 e. The Bertz CT molecular complexity index is 142. The lowest BCUT2D eigenvalue weighted by Crippen LogP contribution is -1.73. The number of allylic oxidation sites excluding steroid dienone is 4. The molecule has 0 spiro atoms. The summed E-state index contributed by atoms with van der Waals surface area (Å²) in [7, 11) is 0. The molecular weight excluding hydrogens is 168 g/mol. The second kappa shape index (κ2) is 12.5. The Kier molecular flexibility index (Phi) is 12.0. The van der Waals surface area contributed by atoms with Crippen LogP contribution in [-0.2, 0) is 0 Å². The number of rotatable bonds is 9. The summed E-state index contributed by atoms with van der Waals surface area (Å²) in [5.41, 5.74) is 0. The molecule has 0 aliphatic carbocycles. The van der Waals surface area contributed by atoms with Crippen molar-refractivity contribution < 1.29 is 0 Å². The highest BCUT2D eigenvalue weighted by molar-refractivity contribution is 4.92. The molecule has 0 aliphatic rings. The van der Waals surface area contributed by atoms with Gasteiger partial charge in [0.15, 0.2) is 0 Å². The predicted octanol–water partition coefficient (Wildman–Crippen LogP) is 5.26. The van der Waals surface area contributed by atoms with Crippen LogP contribution < -0.4 is 0 Å². The topological polar surface area (TPSA) is 0 Å². The number of hydrogen-bond acceptors (Lipinski definition) is 0. The second-order valence-corrected chi connectivity index (χ2v) is 3.82. The molecule has 0 saturated heterocycles. The Morgan fingerprint density at radius 2 is 1.36 bits per heavy atom. The zero-order chi connectivity index (χ0) is 10.5. The molecule has 0 bridgehead atoms. The standard InChI is InChI=1S/C14H26/c1-3-5-7-9-11-13-14-12-10-8-6-4-2/h7,9,13-14H,3-6,8,10-12H2,1-2H3/b9-7+,14-13+. The van der Waals surface area contributed by atoms with Gasteiger partial charge in [-0.3, -0.25) is 0 Å². The third-order valence-corrected chi connectivity index (χ3v) is 2.29. The van der Waals surface area contributed by atoms with Gasteiger partial charge in [0.2, 0.25) is 0 Å². The van der Waals surface area contributed by atoms with E-state index in [1.54, 1.807) is 0 Å². The van der Waals surface area contributed by atoms with Crippen LogP contribution in [0.1, 0.15) is 65.2 Å². The van der Waals surface area contributed by atoms with Crippen molar-refractivity contribution in [1.29, 1.82) is 0 Å². The van der Waals surface area contributed by atoms with Crippen molar-refractivity contribution in [3.63, 3.8) is 0 Å². The highest BCUT2D eigenvalue weighted by atomic mass is 13.9. The Morgan fingerprint density at radius 3 is 2.00 bits per heavy atom. The molecule has 0 aliphatic heterocycles. The van der Waals surface area contributed by atoms with Crippen LogP contribution in [0.5, 0.6) is 0 Å². The molecule has 0 aromatic rings. The monoisotopic (exact) mass is 194 g/mol.